The van der Waals surface area contributed by atoms with Gasteiger partial charge in [0.15, 0.2) is 0 Å². The Morgan fingerprint density at radius 2 is 1.73 bits per heavy atom. The molecule has 1 aromatic carbocycles. The molecule has 5 heteroatoms. The molecule has 0 heterocycles. The number of benzene rings is 1. The van der Waals surface area contributed by atoms with E-state index in [4.69, 9.17) is 9.84 Å². The SMILES string of the molecule is CC(=O)OCCC(C)C.CCC(=O)O.O=Cc1ccccc1. The van der Waals surface area contributed by atoms with Gasteiger partial charge in [0.25, 0.3) is 0 Å². The Morgan fingerprint density at radius 3 is 2.00 bits per heavy atom. The van der Waals surface area contributed by atoms with Gasteiger partial charge in [-0.3, -0.25) is 14.4 Å². The van der Waals surface area contributed by atoms with Gasteiger partial charge in [0.1, 0.15) is 6.29 Å². The third-order valence-corrected chi connectivity index (χ3v) is 2.24. The van der Waals surface area contributed by atoms with E-state index in [1.807, 2.05) is 18.2 Å². The van der Waals surface area contributed by atoms with Gasteiger partial charge in [0.05, 0.1) is 6.61 Å². The smallest absolute Gasteiger partial charge is 0.303 e. The van der Waals surface area contributed by atoms with E-state index in [1.165, 1.54) is 6.92 Å². The maximum atomic E-state index is 10.2. The molecule has 0 radical (unpaired) electrons. The summed E-state index contributed by atoms with van der Waals surface area (Å²) >= 11 is 0. The van der Waals surface area contributed by atoms with Crippen LogP contribution in [0.3, 0.4) is 0 Å². The van der Waals surface area contributed by atoms with E-state index in [0.717, 1.165) is 18.3 Å². The van der Waals surface area contributed by atoms with E-state index in [1.54, 1.807) is 19.1 Å². The Labute approximate surface area is 132 Å². The summed E-state index contributed by atoms with van der Waals surface area (Å²) < 4.78 is 4.71. The van der Waals surface area contributed by atoms with Gasteiger partial charge >= 0.3 is 11.9 Å². The fourth-order valence-corrected chi connectivity index (χ4v) is 0.970. The number of hydrogen-bond acceptors (Lipinski definition) is 4. The fourth-order valence-electron chi connectivity index (χ4n) is 0.970. The van der Waals surface area contributed by atoms with Crippen LogP contribution in [0.1, 0.15) is 50.9 Å². The highest BCUT2D eigenvalue weighted by Gasteiger charge is 1.95. The maximum Gasteiger partial charge on any atom is 0.303 e. The van der Waals surface area contributed by atoms with E-state index in [-0.39, 0.29) is 12.4 Å². The molecular weight excluding hydrogens is 284 g/mol. The van der Waals surface area contributed by atoms with Crippen molar-refractivity contribution in [3.8, 4) is 0 Å². The minimum Gasteiger partial charge on any atom is -0.481 e. The largest absolute Gasteiger partial charge is 0.481 e. The Kier molecular flexibility index (Phi) is 15.3. The molecular formula is C17H26O5. The lowest BCUT2D eigenvalue weighted by molar-refractivity contribution is -0.141. The number of carbonyl (C=O) groups excluding carboxylic acids is 2. The first kappa shape index (κ1) is 22.1. The zero-order chi connectivity index (χ0) is 17.4. The highest BCUT2D eigenvalue weighted by atomic mass is 16.5. The lowest BCUT2D eigenvalue weighted by Crippen LogP contribution is -2.02. The summed E-state index contributed by atoms with van der Waals surface area (Å²) in [7, 11) is 0. The zero-order valence-corrected chi connectivity index (χ0v) is 13.7. The molecule has 1 rings (SSSR count). The molecule has 0 aliphatic rings. The molecule has 0 aromatic heterocycles. The summed E-state index contributed by atoms with van der Waals surface area (Å²) in [5.41, 5.74) is 0.729. The molecule has 0 bridgehead atoms. The standard InChI is InChI=1S/C7H14O2.C7H6O.C3H6O2/c1-6(2)4-5-9-7(3)8;8-6-7-4-2-1-3-5-7;1-2-3(4)5/h6H,4-5H2,1-3H3;1-6H;2H2,1H3,(H,4,5). The molecule has 1 N–H and O–H groups in total. The summed E-state index contributed by atoms with van der Waals surface area (Å²) in [5.74, 6) is -0.315. The molecule has 0 aliphatic heterocycles. The number of ether oxygens (including phenoxy) is 1. The van der Waals surface area contributed by atoms with Gasteiger partial charge in [-0.25, -0.2) is 0 Å². The van der Waals surface area contributed by atoms with Gasteiger partial charge < -0.3 is 9.84 Å². The summed E-state index contributed by atoms with van der Waals surface area (Å²) in [6, 6.07) is 9.10. The van der Waals surface area contributed by atoms with E-state index < -0.39 is 5.97 Å². The van der Waals surface area contributed by atoms with Crippen molar-refractivity contribution in [3.05, 3.63) is 35.9 Å². The highest BCUT2D eigenvalue weighted by molar-refractivity contribution is 5.74. The van der Waals surface area contributed by atoms with Gasteiger partial charge in [0, 0.05) is 18.9 Å². The minimum atomic E-state index is -0.745. The second-order valence-electron chi connectivity index (χ2n) is 4.80. The molecule has 0 spiro atoms. The van der Waals surface area contributed by atoms with Crippen molar-refractivity contribution in [2.45, 2.75) is 40.5 Å². The number of aldehydes is 1. The summed E-state index contributed by atoms with van der Waals surface area (Å²) in [5, 5.41) is 7.72. The molecule has 124 valence electrons. The number of carboxylic acids is 1. The van der Waals surface area contributed by atoms with Crippen molar-refractivity contribution in [3.63, 3.8) is 0 Å². The van der Waals surface area contributed by atoms with E-state index in [9.17, 15) is 14.4 Å². The third-order valence-electron chi connectivity index (χ3n) is 2.24. The summed E-state index contributed by atoms with van der Waals surface area (Å²) in [4.78, 5) is 29.6. The van der Waals surface area contributed by atoms with Gasteiger partial charge in [-0.15, -0.1) is 0 Å². The first-order chi connectivity index (χ1) is 10.3. The van der Waals surface area contributed by atoms with Crippen LogP contribution in [0.25, 0.3) is 0 Å². The Balaban J connectivity index is 0. The molecule has 1 aromatic rings. The van der Waals surface area contributed by atoms with Gasteiger partial charge in [-0.05, 0) is 12.3 Å². The van der Waals surface area contributed by atoms with Crippen LogP contribution in [0.15, 0.2) is 30.3 Å². The second-order valence-corrected chi connectivity index (χ2v) is 4.80. The predicted octanol–water partition coefficient (Wildman–Crippen LogP) is 3.58. The van der Waals surface area contributed by atoms with Crippen LogP contribution >= 0.6 is 0 Å². The van der Waals surface area contributed by atoms with Crippen molar-refractivity contribution in [2.75, 3.05) is 6.61 Å². The number of esters is 1. The first-order valence-corrected chi connectivity index (χ1v) is 7.18. The van der Waals surface area contributed by atoms with Crippen molar-refractivity contribution >= 4 is 18.2 Å². The highest BCUT2D eigenvalue weighted by Crippen LogP contribution is 1.98. The third kappa shape index (κ3) is 20.2. The Hall–Kier alpha value is -2.17. The normalized spacial score (nSPS) is 8.77. The average molecular weight is 310 g/mol. The van der Waals surface area contributed by atoms with Crippen LogP contribution in [-0.2, 0) is 14.3 Å². The van der Waals surface area contributed by atoms with Crippen LogP contribution in [0.2, 0.25) is 0 Å². The molecule has 0 atom stereocenters. The molecule has 22 heavy (non-hydrogen) atoms. The molecule has 0 amide bonds. The van der Waals surface area contributed by atoms with Gasteiger partial charge in [-0.1, -0.05) is 51.1 Å². The van der Waals surface area contributed by atoms with Crippen LogP contribution in [0.5, 0.6) is 0 Å². The Morgan fingerprint density at radius 1 is 1.23 bits per heavy atom. The van der Waals surface area contributed by atoms with Crippen LogP contribution < -0.4 is 0 Å². The number of carbonyl (C=O) groups is 3. The molecule has 0 saturated carbocycles. The van der Waals surface area contributed by atoms with E-state index in [0.29, 0.717) is 12.5 Å². The molecule has 0 aliphatic carbocycles. The second kappa shape index (κ2) is 15.2. The molecule has 0 saturated heterocycles. The van der Waals surface area contributed by atoms with Gasteiger partial charge in [-0.2, -0.15) is 0 Å². The molecule has 5 nitrogen and oxygen atoms in total. The lowest BCUT2D eigenvalue weighted by Gasteiger charge is -2.02. The average Bonchev–Trinajstić information content (AvgIpc) is 2.48. The fraction of sp³-hybridized carbons (Fsp3) is 0.471. The minimum absolute atomic E-state index is 0.185. The van der Waals surface area contributed by atoms with Crippen molar-refractivity contribution in [2.24, 2.45) is 5.92 Å². The maximum absolute atomic E-state index is 10.2. The topological polar surface area (TPSA) is 80.7 Å². The summed E-state index contributed by atoms with van der Waals surface area (Å²) in [6.07, 6.45) is 2.01. The monoisotopic (exact) mass is 310 g/mol. The van der Waals surface area contributed by atoms with E-state index >= 15 is 0 Å². The van der Waals surface area contributed by atoms with Crippen molar-refractivity contribution in [1.29, 1.82) is 0 Å². The quantitative estimate of drug-likeness (QED) is 0.664. The lowest BCUT2D eigenvalue weighted by atomic mass is 10.1. The number of hydrogen-bond donors (Lipinski definition) is 1. The van der Waals surface area contributed by atoms with E-state index in [2.05, 4.69) is 13.8 Å². The van der Waals surface area contributed by atoms with Crippen LogP contribution in [0, 0.1) is 5.92 Å². The number of aliphatic carboxylic acids is 1. The van der Waals surface area contributed by atoms with Crippen molar-refractivity contribution < 1.29 is 24.2 Å². The summed E-state index contributed by atoms with van der Waals surface area (Å²) in [6.45, 7) is 7.79. The van der Waals surface area contributed by atoms with Crippen molar-refractivity contribution in [1.82, 2.24) is 0 Å². The first-order valence-electron chi connectivity index (χ1n) is 7.18. The molecule has 0 fully saturated rings. The zero-order valence-electron chi connectivity index (χ0n) is 13.7. The van der Waals surface area contributed by atoms with Crippen LogP contribution in [0.4, 0.5) is 0 Å². The Bertz CT molecular complexity index is 412. The van der Waals surface area contributed by atoms with Crippen LogP contribution in [-0.4, -0.2) is 29.9 Å². The predicted molar refractivity (Wildman–Crippen MR) is 85.8 cm³/mol. The number of rotatable bonds is 5. The van der Waals surface area contributed by atoms with Gasteiger partial charge in [0.2, 0.25) is 0 Å². The number of carboxylic acid groups (broad SMARTS) is 1. The molecule has 0 unspecified atom stereocenters.